The quantitative estimate of drug-likeness (QED) is 0.454. The molecular formula is C26H27ClF3N3O5. The molecule has 38 heavy (non-hydrogen) atoms. The second-order valence-electron chi connectivity index (χ2n) is 9.10. The minimum atomic E-state index is -4.65. The zero-order valence-electron chi connectivity index (χ0n) is 21.2. The normalized spacial score (nSPS) is 17.3. The fraction of sp³-hybridized carbons (Fsp3) is 0.385. The van der Waals surface area contributed by atoms with Crippen LogP contribution in [0.25, 0.3) is 0 Å². The van der Waals surface area contributed by atoms with Crippen molar-refractivity contribution >= 4 is 40.8 Å². The van der Waals surface area contributed by atoms with Gasteiger partial charge in [0, 0.05) is 11.3 Å². The highest BCUT2D eigenvalue weighted by Gasteiger charge is 2.47. The van der Waals surface area contributed by atoms with E-state index in [1.54, 1.807) is 39.0 Å². The van der Waals surface area contributed by atoms with Gasteiger partial charge in [0.2, 0.25) is 5.91 Å². The minimum absolute atomic E-state index is 0.0615. The summed E-state index contributed by atoms with van der Waals surface area (Å²) < 4.78 is 49.9. The number of esters is 2. The minimum Gasteiger partial charge on any atom is -0.465 e. The first-order chi connectivity index (χ1) is 17.7. The van der Waals surface area contributed by atoms with Crippen LogP contribution in [0.15, 0.2) is 47.6 Å². The highest BCUT2D eigenvalue weighted by molar-refractivity contribution is 6.32. The Labute approximate surface area is 222 Å². The van der Waals surface area contributed by atoms with Crippen molar-refractivity contribution in [1.82, 2.24) is 5.01 Å². The lowest BCUT2D eigenvalue weighted by Gasteiger charge is -2.24. The molecule has 0 radical (unpaired) electrons. The number of carbonyl (C=O) groups is 3. The van der Waals surface area contributed by atoms with Gasteiger partial charge in [0.1, 0.15) is 12.0 Å². The predicted molar refractivity (Wildman–Crippen MR) is 135 cm³/mol. The molecule has 0 saturated carbocycles. The van der Waals surface area contributed by atoms with Crippen LogP contribution < -0.4 is 5.32 Å². The molecule has 1 amide bonds. The number of nitrogens with one attached hydrogen (secondary N) is 1. The number of alkyl halides is 3. The van der Waals surface area contributed by atoms with Crippen LogP contribution in [-0.4, -0.2) is 54.4 Å². The zero-order valence-corrected chi connectivity index (χ0v) is 21.9. The Bertz CT molecular complexity index is 1260. The summed E-state index contributed by atoms with van der Waals surface area (Å²) in [7, 11) is 0. The second kappa shape index (κ2) is 11.4. The molecule has 3 rings (SSSR count). The molecule has 0 saturated heterocycles. The number of anilines is 1. The average Bonchev–Trinajstić information content (AvgIpc) is 3.15. The number of hydrogen-bond donors (Lipinski definition) is 1. The Balaban J connectivity index is 1.83. The summed E-state index contributed by atoms with van der Waals surface area (Å²) in [5, 5.41) is 7.83. The fourth-order valence-electron chi connectivity index (χ4n) is 3.91. The highest BCUT2D eigenvalue weighted by Crippen LogP contribution is 2.38. The molecule has 2 aromatic carbocycles. The number of hydrogen-bond acceptors (Lipinski definition) is 7. The van der Waals surface area contributed by atoms with Gasteiger partial charge in [0.05, 0.1) is 41.1 Å². The van der Waals surface area contributed by atoms with Gasteiger partial charge in [-0.1, -0.05) is 23.7 Å². The number of amides is 1. The first-order valence-electron chi connectivity index (χ1n) is 11.7. The van der Waals surface area contributed by atoms with Crippen molar-refractivity contribution < 1.29 is 37.0 Å². The Hall–Kier alpha value is -3.60. The van der Waals surface area contributed by atoms with Crippen LogP contribution in [0.5, 0.6) is 0 Å². The molecule has 0 aromatic heterocycles. The molecule has 204 valence electrons. The largest absolute Gasteiger partial charge is 0.465 e. The molecule has 0 spiro atoms. The van der Waals surface area contributed by atoms with Crippen LogP contribution in [0, 0.1) is 5.41 Å². The summed E-state index contributed by atoms with van der Waals surface area (Å²) in [6.45, 7) is 6.33. The lowest BCUT2D eigenvalue weighted by molar-refractivity contribution is -0.150. The number of nitrogens with zero attached hydrogens (tertiary/aromatic N) is 2. The molecule has 8 nitrogen and oxygen atoms in total. The third-order valence-electron chi connectivity index (χ3n) is 5.59. The van der Waals surface area contributed by atoms with Crippen molar-refractivity contribution in [3.63, 3.8) is 0 Å². The number of rotatable bonds is 8. The Morgan fingerprint density at radius 1 is 1.18 bits per heavy atom. The van der Waals surface area contributed by atoms with Crippen molar-refractivity contribution in [3.8, 4) is 0 Å². The molecule has 0 fully saturated rings. The highest BCUT2D eigenvalue weighted by atomic mass is 35.5. The number of halogens is 4. The van der Waals surface area contributed by atoms with Crippen LogP contribution in [0.2, 0.25) is 5.02 Å². The van der Waals surface area contributed by atoms with Crippen LogP contribution in [0.1, 0.15) is 49.2 Å². The Morgan fingerprint density at radius 2 is 1.89 bits per heavy atom. The van der Waals surface area contributed by atoms with E-state index in [9.17, 15) is 27.6 Å². The third-order valence-corrected chi connectivity index (χ3v) is 5.90. The molecule has 0 aliphatic carbocycles. The van der Waals surface area contributed by atoms with Gasteiger partial charge in [-0.3, -0.25) is 14.6 Å². The lowest BCUT2D eigenvalue weighted by Crippen LogP contribution is -2.41. The predicted octanol–water partition coefficient (Wildman–Crippen LogP) is 5.15. The van der Waals surface area contributed by atoms with E-state index in [4.69, 9.17) is 21.1 Å². The summed E-state index contributed by atoms with van der Waals surface area (Å²) in [6.07, 6.45) is -4.96. The van der Waals surface area contributed by atoms with Crippen LogP contribution in [-0.2, 0) is 25.2 Å². The Morgan fingerprint density at radius 3 is 2.50 bits per heavy atom. The van der Waals surface area contributed by atoms with Gasteiger partial charge in [-0.05, 0) is 58.0 Å². The van der Waals surface area contributed by atoms with Crippen LogP contribution >= 0.6 is 11.6 Å². The van der Waals surface area contributed by atoms with Crippen molar-refractivity contribution in [2.24, 2.45) is 10.5 Å². The fourth-order valence-corrected chi connectivity index (χ4v) is 4.20. The van der Waals surface area contributed by atoms with E-state index in [1.165, 1.54) is 24.1 Å². The standard InChI is InChI=1S/C26H27ClF3N3O5/c1-5-37-24(36)25(4)14-33(32-22(25)16-9-10-19(20(27)12-16)26(28,29)30)13-21(34)31-18-8-6-7-17(11-18)23(35)38-15(2)3/h6-12,15H,5,13-14H2,1-4H3,(H,31,34). The molecule has 2 aromatic rings. The SMILES string of the molecule is CCOC(=O)C1(C)CN(CC(=O)Nc2cccc(C(=O)OC(C)C)c2)N=C1c1ccc(C(F)(F)F)c(Cl)c1. The monoisotopic (exact) mass is 553 g/mol. The van der Waals surface area contributed by atoms with Gasteiger partial charge in [0.15, 0.2) is 0 Å². The lowest BCUT2D eigenvalue weighted by atomic mass is 9.82. The van der Waals surface area contributed by atoms with E-state index in [-0.39, 0.29) is 42.6 Å². The van der Waals surface area contributed by atoms with E-state index >= 15 is 0 Å². The summed E-state index contributed by atoms with van der Waals surface area (Å²) in [4.78, 5) is 37.8. The molecule has 1 atom stereocenters. The van der Waals surface area contributed by atoms with E-state index in [0.717, 1.165) is 12.1 Å². The second-order valence-corrected chi connectivity index (χ2v) is 9.51. The zero-order chi connectivity index (χ0) is 28.3. The van der Waals surface area contributed by atoms with Crippen molar-refractivity contribution in [3.05, 3.63) is 64.2 Å². The Kier molecular flexibility index (Phi) is 8.71. The van der Waals surface area contributed by atoms with E-state index < -0.39 is 40.0 Å². The van der Waals surface area contributed by atoms with E-state index in [1.807, 2.05) is 0 Å². The maximum Gasteiger partial charge on any atom is 0.417 e. The van der Waals surface area contributed by atoms with Gasteiger partial charge >= 0.3 is 18.1 Å². The number of hydrazone groups is 1. The maximum absolute atomic E-state index is 13.2. The molecule has 1 heterocycles. The molecular weight excluding hydrogens is 527 g/mol. The summed E-state index contributed by atoms with van der Waals surface area (Å²) in [5.41, 5.74) is -1.48. The molecule has 0 bridgehead atoms. The van der Waals surface area contributed by atoms with E-state index in [2.05, 4.69) is 10.4 Å². The van der Waals surface area contributed by atoms with Gasteiger partial charge in [-0.15, -0.1) is 0 Å². The van der Waals surface area contributed by atoms with Crippen molar-refractivity contribution in [2.75, 3.05) is 25.0 Å². The summed E-state index contributed by atoms with van der Waals surface area (Å²) in [6, 6.07) is 9.28. The number of carbonyl (C=O) groups excluding carboxylic acids is 3. The first-order valence-corrected chi connectivity index (χ1v) is 12.1. The molecule has 1 aliphatic heterocycles. The summed E-state index contributed by atoms with van der Waals surface area (Å²) >= 11 is 5.90. The van der Waals surface area contributed by atoms with Gasteiger partial charge in [-0.2, -0.15) is 18.3 Å². The van der Waals surface area contributed by atoms with Gasteiger partial charge < -0.3 is 14.8 Å². The molecule has 1 unspecified atom stereocenters. The van der Waals surface area contributed by atoms with Gasteiger partial charge in [-0.25, -0.2) is 4.79 Å². The smallest absolute Gasteiger partial charge is 0.417 e. The summed E-state index contributed by atoms with van der Waals surface area (Å²) in [5.74, 6) is -1.68. The van der Waals surface area contributed by atoms with Crippen molar-refractivity contribution in [2.45, 2.75) is 40.0 Å². The number of benzene rings is 2. The van der Waals surface area contributed by atoms with E-state index in [0.29, 0.717) is 5.69 Å². The van der Waals surface area contributed by atoms with Gasteiger partial charge in [0.25, 0.3) is 0 Å². The third kappa shape index (κ3) is 6.63. The average molecular weight is 554 g/mol. The van der Waals surface area contributed by atoms with Crippen LogP contribution in [0.3, 0.4) is 0 Å². The molecule has 12 heteroatoms. The molecule has 1 N–H and O–H groups in total. The molecule has 1 aliphatic rings. The van der Waals surface area contributed by atoms with Crippen LogP contribution in [0.4, 0.5) is 18.9 Å². The first kappa shape index (κ1) is 29.0. The topological polar surface area (TPSA) is 97.3 Å². The maximum atomic E-state index is 13.2. The van der Waals surface area contributed by atoms with Crippen molar-refractivity contribution in [1.29, 1.82) is 0 Å². The number of ether oxygens (including phenoxy) is 2.